The second-order valence-corrected chi connectivity index (χ2v) is 5.53. The van der Waals surface area contributed by atoms with E-state index in [1.54, 1.807) is 0 Å². The summed E-state index contributed by atoms with van der Waals surface area (Å²) < 4.78 is 0. The third-order valence-electron chi connectivity index (χ3n) is 3.57. The van der Waals surface area contributed by atoms with Crippen LogP contribution >= 0.6 is 0 Å². The third kappa shape index (κ3) is 3.92. The van der Waals surface area contributed by atoms with Gasteiger partial charge in [0.1, 0.15) is 0 Å². The Bertz CT molecular complexity index is 527. The highest BCUT2D eigenvalue weighted by Crippen LogP contribution is 2.22. The predicted octanol–water partition coefficient (Wildman–Crippen LogP) is 2.88. The molecule has 21 heavy (non-hydrogen) atoms. The van der Waals surface area contributed by atoms with Gasteiger partial charge in [-0.15, -0.1) is 0 Å². The lowest BCUT2D eigenvalue weighted by Gasteiger charge is -2.23. The molecule has 0 unspecified atom stereocenters. The lowest BCUT2D eigenvalue weighted by Crippen LogP contribution is -2.45. The zero-order valence-corrected chi connectivity index (χ0v) is 12.5. The first-order valence-corrected chi connectivity index (χ1v) is 7.25. The second kappa shape index (κ2) is 7.04. The standard InChI is InChI=1S/C18H22N2O/c1-13(2)16(19)18(21)20-17(14-9-5-3-6-10-14)15-11-7-4-8-12-15/h3-13,16-17H,19H2,1-2H3,(H,20,21)/t16-/m0/s1. The Morgan fingerprint density at radius 1 is 0.905 bits per heavy atom. The zero-order chi connectivity index (χ0) is 15.2. The van der Waals surface area contributed by atoms with Gasteiger partial charge in [-0.1, -0.05) is 74.5 Å². The molecule has 3 N–H and O–H groups in total. The van der Waals surface area contributed by atoms with E-state index < -0.39 is 6.04 Å². The summed E-state index contributed by atoms with van der Waals surface area (Å²) in [7, 11) is 0. The number of nitrogens with two attached hydrogens (primary N) is 1. The Kier molecular flexibility index (Phi) is 5.12. The molecule has 0 saturated heterocycles. The monoisotopic (exact) mass is 282 g/mol. The van der Waals surface area contributed by atoms with Crippen molar-refractivity contribution >= 4 is 5.91 Å². The molecule has 1 atom stereocenters. The molecular formula is C18H22N2O. The normalized spacial score (nSPS) is 12.4. The van der Waals surface area contributed by atoms with E-state index in [0.29, 0.717) is 0 Å². The fourth-order valence-electron chi connectivity index (χ4n) is 2.19. The zero-order valence-electron chi connectivity index (χ0n) is 12.5. The highest BCUT2D eigenvalue weighted by atomic mass is 16.2. The van der Waals surface area contributed by atoms with Crippen LogP contribution in [0.2, 0.25) is 0 Å². The van der Waals surface area contributed by atoms with Gasteiger partial charge < -0.3 is 11.1 Å². The Labute approximate surface area is 126 Å². The molecule has 0 saturated carbocycles. The number of hydrogen-bond donors (Lipinski definition) is 2. The number of carbonyl (C=O) groups is 1. The third-order valence-corrected chi connectivity index (χ3v) is 3.57. The van der Waals surface area contributed by atoms with E-state index in [1.165, 1.54) is 0 Å². The molecule has 0 aliphatic rings. The Balaban J connectivity index is 2.28. The van der Waals surface area contributed by atoms with E-state index >= 15 is 0 Å². The van der Waals surface area contributed by atoms with Crippen LogP contribution in [0.5, 0.6) is 0 Å². The summed E-state index contributed by atoms with van der Waals surface area (Å²) in [5.74, 6) is -0.0140. The Hall–Kier alpha value is -2.13. The van der Waals surface area contributed by atoms with Crippen LogP contribution in [0.1, 0.15) is 31.0 Å². The maximum atomic E-state index is 12.3. The first kappa shape index (κ1) is 15.3. The van der Waals surface area contributed by atoms with Crippen LogP contribution in [0.25, 0.3) is 0 Å². The molecule has 2 rings (SSSR count). The van der Waals surface area contributed by atoms with Crippen molar-refractivity contribution in [2.24, 2.45) is 11.7 Å². The first-order valence-electron chi connectivity index (χ1n) is 7.25. The molecule has 0 heterocycles. The average Bonchev–Trinajstić information content (AvgIpc) is 2.53. The molecule has 0 aliphatic heterocycles. The van der Waals surface area contributed by atoms with Crippen molar-refractivity contribution < 1.29 is 4.79 Å². The first-order chi connectivity index (χ1) is 10.1. The van der Waals surface area contributed by atoms with Crippen LogP contribution < -0.4 is 11.1 Å². The molecular weight excluding hydrogens is 260 g/mol. The lowest BCUT2D eigenvalue weighted by molar-refractivity contribution is -0.123. The molecule has 2 aromatic carbocycles. The molecule has 0 radical (unpaired) electrons. The van der Waals surface area contributed by atoms with Gasteiger partial charge in [0.15, 0.2) is 0 Å². The minimum Gasteiger partial charge on any atom is -0.344 e. The predicted molar refractivity (Wildman–Crippen MR) is 85.7 cm³/mol. The van der Waals surface area contributed by atoms with E-state index in [4.69, 9.17) is 5.73 Å². The summed E-state index contributed by atoms with van der Waals surface area (Å²) >= 11 is 0. The molecule has 110 valence electrons. The molecule has 3 heteroatoms. The molecule has 2 aromatic rings. The highest BCUT2D eigenvalue weighted by Gasteiger charge is 2.22. The minimum atomic E-state index is -0.500. The quantitative estimate of drug-likeness (QED) is 0.886. The summed E-state index contributed by atoms with van der Waals surface area (Å²) in [5, 5.41) is 3.07. The van der Waals surface area contributed by atoms with Crippen molar-refractivity contribution in [3.05, 3.63) is 71.8 Å². The van der Waals surface area contributed by atoms with Gasteiger partial charge in [-0.05, 0) is 17.0 Å². The molecule has 0 fully saturated rings. The van der Waals surface area contributed by atoms with Crippen LogP contribution in [0.4, 0.5) is 0 Å². The molecule has 0 aromatic heterocycles. The van der Waals surface area contributed by atoms with E-state index in [9.17, 15) is 4.79 Å². The summed E-state index contributed by atoms with van der Waals surface area (Å²) in [6, 6.07) is 19.2. The number of benzene rings is 2. The van der Waals surface area contributed by atoms with E-state index in [-0.39, 0.29) is 17.9 Å². The van der Waals surface area contributed by atoms with Gasteiger partial charge >= 0.3 is 0 Å². The van der Waals surface area contributed by atoms with E-state index in [0.717, 1.165) is 11.1 Å². The smallest absolute Gasteiger partial charge is 0.237 e. The average molecular weight is 282 g/mol. The molecule has 0 bridgehead atoms. The van der Waals surface area contributed by atoms with Gasteiger partial charge in [0, 0.05) is 0 Å². The van der Waals surface area contributed by atoms with E-state index in [2.05, 4.69) is 5.32 Å². The minimum absolute atomic E-state index is 0.109. The van der Waals surface area contributed by atoms with Crippen molar-refractivity contribution in [1.82, 2.24) is 5.32 Å². The second-order valence-electron chi connectivity index (χ2n) is 5.53. The van der Waals surface area contributed by atoms with Crippen LogP contribution in [0.15, 0.2) is 60.7 Å². The van der Waals surface area contributed by atoms with Crippen molar-refractivity contribution in [2.45, 2.75) is 25.9 Å². The van der Waals surface area contributed by atoms with Gasteiger partial charge in [-0.2, -0.15) is 0 Å². The number of rotatable bonds is 5. The fraction of sp³-hybridized carbons (Fsp3) is 0.278. The van der Waals surface area contributed by atoms with E-state index in [1.807, 2.05) is 74.5 Å². The summed E-state index contributed by atoms with van der Waals surface area (Å²) in [5.41, 5.74) is 8.05. The highest BCUT2D eigenvalue weighted by molar-refractivity contribution is 5.82. The summed E-state index contributed by atoms with van der Waals surface area (Å²) in [6.45, 7) is 3.90. The van der Waals surface area contributed by atoms with Gasteiger partial charge in [0.25, 0.3) is 0 Å². The maximum absolute atomic E-state index is 12.3. The Morgan fingerprint density at radius 2 is 1.33 bits per heavy atom. The van der Waals surface area contributed by atoms with Crippen molar-refractivity contribution in [3.63, 3.8) is 0 Å². The van der Waals surface area contributed by atoms with Crippen LogP contribution in [-0.2, 0) is 4.79 Å². The molecule has 0 spiro atoms. The number of amides is 1. The number of nitrogens with one attached hydrogen (secondary N) is 1. The van der Waals surface area contributed by atoms with Crippen molar-refractivity contribution in [2.75, 3.05) is 0 Å². The van der Waals surface area contributed by atoms with Gasteiger partial charge in [-0.3, -0.25) is 4.79 Å². The topological polar surface area (TPSA) is 55.1 Å². The summed E-state index contributed by atoms with van der Waals surface area (Å²) in [4.78, 5) is 12.3. The Morgan fingerprint density at radius 3 is 1.71 bits per heavy atom. The summed E-state index contributed by atoms with van der Waals surface area (Å²) in [6.07, 6.45) is 0. The van der Waals surface area contributed by atoms with Gasteiger partial charge in [0.05, 0.1) is 12.1 Å². The number of hydrogen-bond acceptors (Lipinski definition) is 2. The van der Waals surface area contributed by atoms with Crippen LogP contribution in [-0.4, -0.2) is 11.9 Å². The van der Waals surface area contributed by atoms with Crippen molar-refractivity contribution in [1.29, 1.82) is 0 Å². The number of carbonyl (C=O) groups excluding carboxylic acids is 1. The lowest BCUT2D eigenvalue weighted by atomic mass is 9.97. The molecule has 0 aliphatic carbocycles. The molecule has 1 amide bonds. The fourth-order valence-corrected chi connectivity index (χ4v) is 2.19. The van der Waals surface area contributed by atoms with Crippen LogP contribution in [0, 0.1) is 5.92 Å². The van der Waals surface area contributed by atoms with Gasteiger partial charge in [-0.25, -0.2) is 0 Å². The van der Waals surface area contributed by atoms with Crippen LogP contribution in [0.3, 0.4) is 0 Å². The van der Waals surface area contributed by atoms with Crippen molar-refractivity contribution in [3.8, 4) is 0 Å². The molecule has 3 nitrogen and oxygen atoms in total. The maximum Gasteiger partial charge on any atom is 0.237 e. The SMILES string of the molecule is CC(C)[C@H](N)C(=O)NC(c1ccccc1)c1ccccc1. The van der Waals surface area contributed by atoms with Gasteiger partial charge in [0.2, 0.25) is 5.91 Å². The largest absolute Gasteiger partial charge is 0.344 e.